The molecule has 0 fully saturated rings. The number of benzene rings is 1. The molecule has 0 spiro atoms. The minimum absolute atomic E-state index is 0.00417. The molecular formula is C10H12F3N. The molecule has 2 unspecified atom stereocenters. The van der Waals surface area contributed by atoms with Crippen molar-refractivity contribution in [1.29, 1.82) is 0 Å². The second-order valence-electron chi connectivity index (χ2n) is 3.31. The van der Waals surface area contributed by atoms with E-state index >= 15 is 0 Å². The molecule has 1 nitrogen and oxygen atoms in total. The summed E-state index contributed by atoms with van der Waals surface area (Å²) < 4.78 is 38.9. The van der Waals surface area contributed by atoms with Crippen LogP contribution in [0.3, 0.4) is 0 Å². The lowest BCUT2D eigenvalue weighted by Crippen LogP contribution is -2.10. The molecule has 4 heteroatoms. The highest BCUT2D eigenvalue weighted by molar-refractivity contribution is 5.29. The number of hydrogen-bond donors (Lipinski definition) is 1. The Morgan fingerprint density at radius 2 is 1.79 bits per heavy atom. The van der Waals surface area contributed by atoms with Crippen molar-refractivity contribution in [2.24, 2.45) is 5.73 Å². The molecule has 0 aromatic heterocycles. The van der Waals surface area contributed by atoms with Gasteiger partial charge in [-0.2, -0.15) is 0 Å². The van der Waals surface area contributed by atoms with E-state index in [1.54, 1.807) is 0 Å². The zero-order valence-electron chi connectivity index (χ0n) is 8.02. The molecule has 1 aromatic carbocycles. The Balaban J connectivity index is 3.28. The van der Waals surface area contributed by atoms with Crippen LogP contribution in [0.1, 0.15) is 37.2 Å². The molecule has 0 heterocycles. The maximum atomic E-state index is 13.1. The number of halogens is 3. The first kappa shape index (κ1) is 11.0. The third-order valence-electron chi connectivity index (χ3n) is 2.03. The standard InChI is InChI=1S/C10H12F3N/c1-5(11)7-3-8(6(2)14)10(13)9(12)4-7/h3-6H,14H2,1-2H3. The van der Waals surface area contributed by atoms with E-state index in [1.807, 2.05) is 0 Å². The van der Waals surface area contributed by atoms with Crippen molar-refractivity contribution in [1.82, 2.24) is 0 Å². The molecule has 1 rings (SSSR count). The number of hydrogen-bond acceptors (Lipinski definition) is 1. The third-order valence-corrected chi connectivity index (χ3v) is 2.03. The lowest BCUT2D eigenvalue weighted by Gasteiger charge is -2.11. The molecule has 0 radical (unpaired) electrons. The minimum atomic E-state index is -1.33. The van der Waals surface area contributed by atoms with Gasteiger partial charge in [0.15, 0.2) is 11.6 Å². The minimum Gasteiger partial charge on any atom is -0.324 e. The Morgan fingerprint density at radius 1 is 1.21 bits per heavy atom. The van der Waals surface area contributed by atoms with Gasteiger partial charge >= 0.3 is 0 Å². The number of nitrogens with two attached hydrogens (primary N) is 1. The Hall–Kier alpha value is -1.03. The molecule has 0 aliphatic carbocycles. The fourth-order valence-corrected chi connectivity index (χ4v) is 1.19. The lowest BCUT2D eigenvalue weighted by molar-refractivity contribution is 0.370. The van der Waals surface area contributed by atoms with Gasteiger partial charge in [-0.05, 0) is 31.5 Å². The SMILES string of the molecule is CC(N)c1cc(C(C)F)cc(F)c1F. The molecular weight excluding hydrogens is 191 g/mol. The van der Waals surface area contributed by atoms with E-state index in [-0.39, 0.29) is 11.1 Å². The quantitative estimate of drug-likeness (QED) is 0.785. The van der Waals surface area contributed by atoms with Crippen LogP contribution >= 0.6 is 0 Å². The average molecular weight is 203 g/mol. The zero-order chi connectivity index (χ0) is 10.9. The highest BCUT2D eigenvalue weighted by atomic mass is 19.2. The molecule has 0 aliphatic rings. The van der Waals surface area contributed by atoms with Gasteiger partial charge in [0.25, 0.3) is 0 Å². The summed E-state index contributed by atoms with van der Waals surface area (Å²) in [6, 6.07) is 1.46. The predicted molar refractivity (Wildman–Crippen MR) is 48.5 cm³/mol. The molecule has 0 saturated heterocycles. The summed E-state index contributed by atoms with van der Waals surface area (Å²) in [5.41, 5.74) is 5.54. The van der Waals surface area contributed by atoms with Crippen molar-refractivity contribution in [2.45, 2.75) is 26.1 Å². The van der Waals surface area contributed by atoms with Gasteiger partial charge in [0.1, 0.15) is 6.17 Å². The summed E-state index contributed by atoms with van der Waals surface area (Å²) in [4.78, 5) is 0. The third kappa shape index (κ3) is 2.07. The first-order valence-corrected chi connectivity index (χ1v) is 4.32. The van der Waals surface area contributed by atoms with Crippen molar-refractivity contribution in [3.63, 3.8) is 0 Å². The van der Waals surface area contributed by atoms with E-state index in [0.717, 1.165) is 6.07 Å². The Morgan fingerprint density at radius 3 is 2.21 bits per heavy atom. The summed E-state index contributed by atoms with van der Waals surface area (Å²) in [5, 5.41) is 0. The van der Waals surface area contributed by atoms with Gasteiger partial charge in [0, 0.05) is 11.6 Å². The first-order valence-electron chi connectivity index (χ1n) is 4.32. The molecule has 78 valence electrons. The molecule has 2 N–H and O–H groups in total. The molecule has 0 bridgehead atoms. The highest BCUT2D eigenvalue weighted by Gasteiger charge is 2.15. The van der Waals surface area contributed by atoms with Gasteiger partial charge < -0.3 is 5.73 Å². The van der Waals surface area contributed by atoms with E-state index in [0.29, 0.717) is 0 Å². The van der Waals surface area contributed by atoms with Crippen LogP contribution in [-0.4, -0.2) is 0 Å². The molecule has 2 atom stereocenters. The van der Waals surface area contributed by atoms with Crippen LogP contribution in [0.15, 0.2) is 12.1 Å². The van der Waals surface area contributed by atoms with Gasteiger partial charge in [-0.3, -0.25) is 0 Å². The smallest absolute Gasteiger partial charge is 0.163 e. The maximum absolute atomic E-state index is 13.1. The fourth-order valence-electron chi connectivity index (χ4n) is 1.19. The van der Waals surface area contributed by atoms with E-state index in [2.05, 4.69) is 0 Å². The average Bonchev–Trinajstić information content (AvgIpc) is 2.08. The fraction of sp³-hybridized carbons (Fsp3) is 0.400. The predicted octanol–water partition coefficient (Wildman–Crippen LogP) is 3.02. The first-order chi connectivity index (χ1) is 6.43. The van der Waals surface area contributed by atoms with Gasteiger partial charge in [-0.25, -0.2) is 13.2 Å². The number of rotatable bonds is 2. The highest BCUT2D eigenvalue weighted by Crippen LogP contribution is 2.25. The lowest BCUT2D eigenvalue weighted by atomic mass is 10.0. The molecule has 0 amide bonds. The molecule has 1 aromatic rings. The van der Waals surface area contributed by atoms with Gasteiger partial charge in [-0.15, -0.1) is 0 Å². The monoisotopic (exact) mass is 203 g/mol. The van der Waals surface area contributed by atoms with Crippen LogP contribution in [0.5, 0.6) is 0 Å². The van der Waals surface area contributed by atoms with Gasteiger partial charge in [0.2, 0.25) is 0 Å². The van der Waals surface area contributed by atoms with E-state index < -0.39 is 23.8 Å². The van der Waals surface area contributed by atoms with Crippen LogP contribution in [0.2, 0.25) is 0 Å². The van der Waals surface area contributed by atoms with Crippen molar-refractivity contribution in [3.8, 4) is 0 Å². The van der Waals surface area contributed by atoms with Crippen LogP contribution in [-0.2, 0) is 0 Å². The van der Waals surface area contributed by atoms with Crippen LogP contribution in [0.4, 0.5) is 13.2 Å². The van der Waals surface area contributed by atoms with Crippen LogP contribution in [0.25, 0.3) is 0 Å². The summed E-state index contributed by atoms with van der Waals surface area (Å²) in [6.07, 6.45) is -1.33. The number of alkyl halides is 1. The van der Waals surface area contributed by atoms with Gasteiger partial charge in [0.05, 0.1) is 0 Å². The Bertz CT molecular complexity index is 334. The van der Waals surface area contributed by atoms with E-state index in [4.69, 9.17) is 5.73 Å². The second-order valence-corrected chi connectivity index (χ2v) is 3.31. The van der Waals surface area contributed by atoms with E-state index in [9.17, 15) is 13.2 Å². The topological polar surface area (TPSA) is 26.0 Å². The van der Waals surface area contributed by atoms with Crippen molar-refractivity contribution >= 4 is 0 Å². The maximum Gasteiger partial charge on any atom is 0.163 e. The van der Waals surface area contributed by atoms with Gasteiger partial charge in [-0.1, -0.05) is 0 Å². The van der Waals surface area contributed by atoms with E-state index in [1.165, 1.54) is 19.9 Å². The molecule has 0 saturated carbocycles. The second kappa shape index (κ2) is 4.00. The molecule has 14 heavy (non-hydrogen) atoms. The van der Waals surface area contributed by atoms with Crippen LogP contribution < -0.4 is 5.73 Å². The van der Waals surface area contributed by atoms with Crippen molar-refractivity contribution in [3.05, 3.63) is 34.9 Å². The zero-order valence-corrected chi connectivity index (χ0v) is 8.02. The Labute approximate surface area is 80.7 Å². The normalized spacial score (nSPS) is 15.3. The summed E-state index contributed by atoms with van der Waals surface area (Å²) in [7, 11) is 0. The molecule has 0 aliphatic heterocycles. The van der Waals surface area contributed by atoms with Crippen molar-refractivity contribution in [2.75, 3.05) is 0 Å². The largest absolute Gasteiger partial charge is 0.324 e. The summed E-state index contributed by atoms with van der Waals surface area (Å²) in [6.45, 7) is 2.78. The van der Waals surface area contributed by atoms with Crippen molar-refractivity contribution < 1.29 is 13.2 Å². The van der Waals surface area contributed by atoms with Crippen LogP contribution in [0, 0.1) is 11.6 Å². The summed E-state index contributed by atoms with van der Waals surface area (Å²) in [5.74, 6) is -2.05. The Kier molecular flexibility index (Phi) is 3.16. The summed E-state index contributed by atoms with van der Waals surface area (Å²) >= 11 is 0.